The molecular weight excluding hydrogens is 332 g/mol. The van der Waals surface area contributed by atoms with Gasteiger partial charge in [-0.3, -0.25) is 9.10 Å². The van der Waals surface area contributed by atoms with E-state index in [2.05, 4.69) is 10.1 Å². The minimum Gasteiger partial charge on any atom is -0.465 e. The van der Waals surface area contributed by atoms with Crippen LogP contribution in [0, 0.1) is 5.92 Å². The normalized spacial score (nSPS) is 11.2. The summed E-state index contributed by atoms with van der Waals surface area (Å²) in [4.78, 5) is 23.2. The second-order valence-corrected chi connectivity index (χ2v) is 7.73. The summed E-state index contributed by atoms with van der Waals surface area (Å²) < 4.78 is 29.7. The zero-order valence-electron chi connectivity index (χ0n) is 14.4. The van der Waals surface area contributed by atoms with Gasteiger partial charge in [0, 0.05) is 19.5 Å². The Morgan fingerprint density at radius 3 is 2.25 bits per heavy atom. The van der Waals surface area contributed by atoms with Crippen LogP contribution >= 0.6 is 0 Å². The van der Waals surface area contributed by atoms with Crippen molar-refractivity contribution in [3.63, 3.8) is 0 Å². The fraction of sp³-hybridized carbons (Fsp3) is 0.500. The van der Waals surface area contributed by atoms with Gasteiger partial charge in [0.05, 0.1) is 24.6 Å². The van der Waals surface area contributed by atoms with Gasteiger partial charge in [-0.1, -0.05) is 13.8 Å². The molecule has 0 aliphatic rings. The summed E-state index contributed by atoms with van der Waals surface area (Å²) in [6, 6.07) is 6.00. The first kappa shape index (κ1) is 20.0. The van der Waals surface area contributed by atoms with Crippen molar-refractivity contribution in [2.45, 2.75) is 20.3 Å². The first-order chi connectivity index (χ1) is 11.1. The minimum atomic E-state index is -3.55. The van der Waals surface area contributed by atoms with Crippen LogP contribution in [0.4, 0.5) is 5.69 Å². The van der Waals surface area contributed by atoms with Crippen LogP contribution in [0.2, 0.25) is 0 Å². The maximum Gasteiger partial charge on any atom is 0.337 e. The lowest BCUT2D eigenvalue weighted by Gasteiger charge is -2.22. The van der Waals surface area contributed by atoms with Gasteiger partial charge in [0.25, 0.3) is 0 Å². The molecule has 0 atom stereocenters. The summed E-state index contributed by atoms with van der Waals surface area (Å²) in [6.07, 6.45) is 1.13. The third-order valence-corrected chi connectivity index (χ3v) is 4.42. The Balaban J connectivity index is 2.83. The highest BCUT2D eigenvalue weighted by Crippen LogP contribution is 2.19. The molecular formula is C16H24N2O5S. The highest BCUT2D eigenvalue weighted by molar-refractivity contribution is 7.92. The summed E-state index contributed by atoms with van der Waals surface area (Å²) in [5.41, 5.74) is 0.714. The molecule has 7 nitrogen and oxygen atoms in total. The monoisotopic (exact) mass is 356 g/mol. The van der Waals surface area contributed by atoms with Gasteiger partial charge in [0.15, 0.2) is 0 Å². The number of rotatable bonds is 8. The van der Waals surface area contributed by atoms with Gasteiger partial charge >= 0.3 is 5.97 Å². The van der Waals surface area contributed by atoms with E-state index in [4.69, 9.17) is 0 Å². The Morgan fingerprint density at radius 2 is 1.79 bits per heavy atom. The molecule has 1 amide bonds. The predicted octanol–water partition coefficient (Wildman–Crippen LogP) is 1.40. The average Bonchev–Trinajstić information content (AvgIpc) is 2.51. The maximum atomic E-state index is 12.0. The minimum absolute atomic E-state index is 0.0281. The summed E-state index contributed by atoms with van der Waals surface area (Å²) in [7, 11) is -2.27. The number of anilines is 1. The topological polar surface area (TPSA) is 92.8 Å². The maximum absolute atomic E-state index is 12.0. The average molecular weight is 356 g/mol. The van der Waals surface area contributed by atoms with Crippen molar-refractivity contribution in [1.29, 1.82) is 0 Å². The molecule has 0 aromatic heterocycles. The standard InChI is InChI=1S/C16H24N2O5S/c1-12(2)11-17-15(19)9-10-18(24(4,21)22)14-7-5-13(6-8-14)16(20)23-3/h5-8,12H,9-11H2,1-4H3,(H,17,19). The molecule has 1 aromatic rings. The fourth-order valence-electron chi connectivity index (χ4n) is 1.98. The summed E-state index contributed by atoms with van der Waals surface area (Å²) in [5, 5.41) is 2.75. The van der Waals surface area contributed by atoms with Gasteiger partial charge in [0.1, 0.15) is 0 Å². The zero-order chi connectivity index (χ0) is 18.3. The quantitative estimate of drug-likeness (QED) is 0.711. The number of carbonyl (C=O) groups is 2. The fourth-order valence-corrected chi connectivity index (χ4v) is 2.91. The van der Waals surface area contributed by atoms with Crippen LogP contribution in [0.25, 0.3) is 0 Å². The van der Waals surface area contributed by atoms with Gasteiger partial charge in [0.2, 0.25) is 15.9 Å². The molecule has 8 heteroatoms. The number of methoxy groups -OCH3 is 1. The number of sulfonamides is 1. The Hall–Kier alpha value is -2.09. The number of amides is 1. The molecule has 0 saturated carbocycles. The van der Waals surface area contributed by atoms with Crippen molar-refractivity contribution in [1.82, 2.24) is 5.32 Å². The number of hydrogen-bond donors (Lipinski definition) is 1. The van der Waals surface area contributed by atoms with Gasteiger partial charge < -0.3 is 10.1 Å². The number of nitrogens with zero attached hydrogens (tertiary/aromatic N) is 1. The van der Waals surface area contributed by atoms with E-state index in [9.17, 15) is 18.0 Å². The smallest absolute Gasteiger partial charge is 0.337 e. The number of ether oxygens (including phenoxy) is 1. The number of esters is 1. The van der Waals surface area contributed by atoms with Crippen molar-refractivity contribution in [2.75, 3.05) is 30.8 Å². The number of hydrogen-bond acceptors (Lipinski definition) is 5. The second-order valence-electron chi connectivity index (χ2n) is 5.82. The molecule has 0 bridgehead atoms. The Kier molecular flexibility index (Phi) is 7.21. The molecule has 0 aliphatic carbocycles. The van der Waals surface area contributed by atoms with Crippen molar-refractivity contribution >= 4 is 27.6 Å². The van der Waals surface area contributed by atoms with Crippen LogP contribution in [-0.2, 0) is 19.6 Å². The summed E-state index contributed by atoms with van der Waals surface area (Å²) in [6.45, 7) is 4.53. The predicted molar refractivity (Wildman–Crippen MR) is 92.4 cm³/mol. The lowest BCUT2D eigenvalue weighted by Crippen LogP contribution is -2.35. The van der Waals surface area contributed by atoms with E-state index in [1.165, 1.54) is 31.4 Å². The molecule has 0 spiro atoms. The first-order valence-electron chi connectivity index (χ1n) is 7.58. The van der Waals surface area contributed by atoms with E-state index in [1.807, 2.05) is 13.8 Å². The molecule has 1 rings (SSSR count). The highest BCUT2D eigenvalue weighted by Gasteiger charge is 2.19. The SMILES string of the molecule is COC(=O)c1ccc(N(CCC(=O)NCC(C)C)S(C)(=O)=O)cc1. The van der Waals surface area contributed by atoms with Gasteiger partial charge in [-0.05, 0) is 30.2 Å². The van der Waals surface area contributed by atoms with Crippen LogP contribution in [-0.4, -0.2) is 46.7 Å². The van der Waals surface area contributed by atoms with E-state index in [-0.39, 0.29) is 18.9 Å². The largest absolute Gasteiger partial charge is 0.465 e. The molecule has 1 aromatic carbocycles. The Labute approximate surface area is 143 Å². The molecule has 24 heavy (non-hydrogen) atoms. The molecule has 0 fully saturated rings. The highest BCUT2D eigenvalue weighted by atomic mass is 32.2. The number of nitrogens with one attached hydrogen (secondary N) is 1. The van der Waals surface area contributed by atoms with E-state index in [0.29, 0.717) is 23.7 Å². The van der Waals surface area contributed by atoms with Crippen molar-refractivity contribution < 1.29 is 22.7 Å². The van der Waals surface area contributed by atoms with E-state index < -0.39 is 16.0 Å². The molecule has 0 radical (unpaired) electrons. The van der Waals surface area contributed by atoms with E-state index >= 15 is 0 Å². The molecule has 0 saturated heterocycles. The van der Waals surface area contributed by atoms with Crippen LogP contribution in [0.1, 0.15) is 30.6 Å². The lowest BCUT2D eigenvalue weighted by molar-refractivity contribution is -0.121. The lowest BCUT2D eigenvalue weighted by atomic mass is 10.2. The number of carbonyl (C=O) groups excluding carboxylic acids is 2. The third kappa shape index (κ3) is 6.19. The first-order valence-corrected chi connectivity index (χ1v) is 9.42. The second kappa shape index (κ2) is 8.68. The molecule has 1 N–H and O–H groups in total. The molecule has 0 unspecified atom stereocenters. The summed E-state index contributed by atoms with van der Waals surface area (Å²) >= 11 is 0. The molecule has 0 aliphatic heterocycles. The van der Waals surface area contributed by atoms with E-state index in [0.717, 1.165) is 10.6 Å². The third-order valence-electron chi connectivity index (χ3n) is 3.23. The van der Waals surface area contributed by atoms with Crippen molar-refractivity contribution in [3.05, 3.63) is 29.8 Å². The molecule has 134 valence electrons. The van der Waals surface area contributed by atoms with Gasteiger partial charge in [-0.25, -0.2) is 13.2 Å². The van der Waals surface area contributed by atoms with Crippen molar-refractivity contribution in [3.8, 4) is 0 Å². The van der Waals surface area contributed by atoms with Crippen molar-refractivity contribution in [2.24, 2.45) is 5.92 Å². The van der Waals surface area contributed by atoms with Crippen LogP contribution < -0.4 is 9.62 Å². The van der Waals surface area contributed by atoms with Crippen LogP contribution in [0.5, 0.6) is 0 Å². The van der Waals surface area contributed by atoms with Gasteiger partial charge in [-0.15, -0.1) is 0 Å². The zero-order valence-corrected chi connectivity index (χ0v) is 15.2. The van der Waals surface area contributed by atoms with Crippen LogP contribution in [0.15, 0.2) is 24.3 Å². The Bertz CT molecular complexity index is 668. The summed E-state index contributed by atoms with van der Waals surface area (Å²) in [5.74, 6) is -0.380. The van der Waals surface area contributed by atoms with E-state index in [1.54, 1.807) is 0 Å². The Morgan fingerprint density at radius 1 is 1.21 bits per heavy atom. The van der Waals surface area contributed by atoms with Gasteiger partial charge in [-0.2, -0.15) is 0 Å². The molecule has 0 heterocycles. The number of benzene rings is 1. The van der Waals surface area contributed by atoms with Crippen LogP contribution in [0.3, 0.4) is 0 Å².